The van der Waals surface area contributed by atoms with Gasteiger partial charge in [0.25, 0.3) is 11.8 Å². The molecule has 0 bridgehead atoms. The predicted molar refractivity (Wildman–Crippen MR) is 102 cm³/mol. The van der Waals surface area contributed by atoms with E-state index < -0.39 is 0 Å². The zero-order valence-corrected chi connectivity index (χ0v) is 16.2. The number of nitrogens with zero attached hydrogens (tertiary/aromatic N) is 4. The number of aromatic nitrogens is 1. The number of hydrogen-bond acceptors (Lipinski definition) is 6. The molecule has 0 aliphatic carbocycles. The number of hydrogen-bond donors (Lipinski definition) is 1. The van der Waals surface area contributed by atoms with Crippen molar-refractivity contribution in [2.24, 2.45) is 0 Å². The fourth-order valence-electron chi connectivity index (χ4n) is 3.33. The summed E-state index contributed by atoms with van der Waals surface area (Å²) in [5.74, 6) is -0.418. The first kappa shape index (κ1) is 20.2. The number of morpholine rings is 1. The fourth-order valence-corrected chi connectivity index (χ4v) is 3.33. The summed E-state index contributed by atoms with van der Waals surface area (Å²) < 4.78 is 5.31. The smallest absolute Gasteiger partial charge is 0.272 e. The Morgan fingerprint density at radius 3 is 2.43 bits per heavy atom. The normalized spacial score (nSPS) is 18.0. The van der Waals surface area contributed by atoms with E-state index in [2.05, 4.69) is 15.2 Å². The maximum absolute atomic E-state index is 12.7. The van der Waals surface area contributed by atoms with Gasteiger partial charge in [-0.05, 0) is 12.1 Å². The van der Waals surface area contributed by atoms with E-state index in [1.165, 1.54) is 19.2 Å². The summed E-state index contributed by atoms with van der Waals surface area (Å²) in [5.41, 5.74) is 0.666. The quantitative estimate of drug-likeness (QED) is 0.726. The number of piperazine rings is 1. The van der Waals surface area contributed by atoms with E-state index in [4.69, 9.17) is 4.74 Å². The molecule has 9 heteroatoms. The van der Waals surface area contributed by atoms with E-state index in [1.807, 2.05) is 0 Å². The number of rotatable bonds is 5. The predicted octanol–water partition coefficient (Wildman–Crippen LogP) is -0.552. The lowest BCUT2D eigenvalue weighted by Gasteiger charge is -2.34. The highest BCUT2D eigenvalue weighted by Crippen LogP contribution is 2.09. The lowest BCUT2D eigenvalue weighted by atomic mass is 10.2. The van der Waals surface area contributed by atoms with Gasteiger partial charge in [0.1, 0.15) is 5.69 Å². The number of ether oxygens (including phenoxy) is 1. The van der Waals surface area contributed by atoms with Crippen LogP contribution in [0, 0.1) is 0 Å². The lowest BCUT2D eigenvalue weighted by molar-refractivity contribution is -0.130. The Hall–Kier alpha value is -2.52. The van der Waals surface area contributed by atoms with Crippen LogP contribution in [-0.4, -0.2) is 103 Å². The van der Waals surface area contributed by atoms with Gasteiger partial charge >= 0.3 is 0 Å². The van der Waals surface area contributed by atoms with Crippen molar-refractivity contribution in [3.63, 3.8) is 0 Å². The van der Waals surface area contributed by atoms with Crippen molar-refractivity contribution >= 4 is 17.7 Å². The summed E-state index contributed by atoms with van der Waals surface area (Å²) in [5, 5.41) is 2.89. The molecule has 1 aromatic rings. The molecule has 2 saturated heterocycles. The molecular weight excluding hydrogens is 362 g/mol. The van der Waals surface area contributed by atoms with Gasteiger partial charge in [0.05, 0.1) is 13.2 Å². The van der Waals surface area contributed by atoms with Gasteiger partial charge in [-0.15, -0.1) is 0 Å². The fraction of sp³-hybridized carbons (Fsp3) is 0.579. The summed E-state index contributed by atoms with van der Waals surface area (Å²) >= 11 is 0. The Bertz CT molecular complexity index is 712. The van der Waals surface area contributed by atoms with Crippen LogP contribution in [0.1, 0.15) is 27.8 Å². The minimum Gasteiger partial charge on any atom is -0.379 e. The zero-order valence-electron chi connectivity index (χ0n) is 16.2. The molecule has 3 amide bonds. The average molecular weight is 389 g/mol. The van der Waals surface area contributed by atoms with Gasteiger partial charge < -0.3 is 19.9 Å². The van der Waals surface area contributed by atoms with Crippen molar-refractivity contribution in [2.45, 2.75) is 6.92 Å². The summed E-state index contributed by atoms with van der Waals surface area (Å²) in [7, 11) is 0. The molecule has 1 N–H and O–H groups in total. The van der Waals surface area contributed by atoms with E-state index >= 15 is 0 Å². The minimum atomic E-state index is -0.217. The van der Waals surface area contributed by atoms with E-state index in [-0.39, 0.29) is 23.4 Å². The van der Waals surface area contributed by atoms with Crippen LogP contribution in [-0.2, 0) is 9.53 Å². The number of amides is 3. The molecule has 3 rings (SSSR count). The summed E-state index contributed by atoms with van der Waals surface area (Å²) in [6, 6.07) is 3.14. The molecule has 3 heterocycles. The lowest BCUT2D eigenvalue weighted by Crippen LogP contribution is -2.50. The second kappa shape index (κ2) is 9.61. The molecule has 9 nitrogen and oxygen atoms in total. The first-order chi connectivity index (χ1) is 13.5. The van der Waals surface area contributed by atoms with Crippen molar-refractivity contribution < 1.29 is 19.1 Å². The molecule has 0 spiro atoms. The van der Waals surface area contributed by atoms with E-state index in [0.717, 1.165) is 32.8 Å². The molecule has 0 unspecified atom stereocenters. The van der Waals surface area contributed by atoms with Crippen molar-refractivity contribution in [3.05, 3.63) is 29.6 Å². The monoisotopic (exact) mass is 389 g/mol. The molecule has 28 heavy (non-hydrogen) atoms. The summed E-state index contributed by atoms with van der Waals surface area (Å²) in [4.78, 5) is 46.3. The Morgan fingerprint density at radius 2 is 1.75 bits per heavy atom. The van der Waals surface area contributed by atoms with Crippen LogP contribution >= 0.6 is 0 Å². The highest BCUT2D eigenvalue weighted by Gasteiger charge is 2.24. The summed E-state index contributed by atoms with van der Waals surface area (Å²) in [6.45, 7) is 8.01. The van der Waals surface area contributed by atoms with Gasteiger partial charge in [0.15, 0.2) is 0 Å². The topological polar surface area (TPSA) is 95.1 Å². The third kappa shape index (κ3) is 5.26. The number of carbonyl (C=O) groups is 3. The van der Waals surface area contributed by atoms with Gasteiger partial charge in [-0.3, -0.25) is 24.3 Å². The summed E-state index contributed by atoms with van der Waals surface area (Å²) in [6.07, 6.45) is 1.48. The van der Waals surface area contributed by atoms with Crippen LogP contribution in [0.2, 0.25) is 0 Å². The zero-order chi connectivity index (χ0) is 19.9. The molecular formula is C19H27N5O4. The van der Waals surface area contributed by atoms with Crippen LogP contribution < -0.4 is 5.32 Å². The molecule has 152 valence electrons. The van der Waals surface area contributed by atoms with Crippen molar-refractivity contribution in [2.75, 3.05) is 65.6 Å². The van der Waals surface area contributed by atoms with Crippen molar-refractivity contribution in [1.29, 1.82) is 0 Å². The Labute approximate surface area is 164 Å². The second-order valence-electron chi connectivity index (χ2n) is 6.94. The molecule has 2 aliphatic rings. The molecule has 2 fully saturated rings. The van der Waals surface area contributed by atoms with Crippen LogP contribution in [0.15, 0.2) is 18.3 Å². The van der Waals surface area contributed by atoms with Crippen LogP contribution in [0.5, 0.6) is 0 Å². The Balaban J connectivity index is 1.52. The average Bonchev–Trinajstić information content (AvgIpc) is 2.74. The van der Waals surface area contributed by atoms with Gasteiger partial charge in [-0.25, -0.2) is 0 Å². The van der Waals surface area contributed by atoms with E-state index in [9.17, 15) is 14.4 Å². The largest absolute Gasteiger partial charge is 0.379 e. The van der Waals surface area contributed by atoms with Crippen molar-refractivity contribution in [1.82, 2.24) is 25.0 Å². The van der Waals surface area contributed by atoms with Gasteiger partial charge in [-0.1, -0.05) is 0 Å². The molecule has 2 aliphatic heterocycles. The molecule has 1 aromatic heterocycles. The first-order valence-electron chi connectivity index (χ1n) is 9.64. The molecule has 0 atom stereocenters. The van der Waals surface area contributed by atoms with Crippen molar-refractivity contribution in [3.8, 4) is 0 Å². The van der Waals surface area contributed by atoms with E-state index in [0.29, 0.717) is 38.3 Å². The third-order valence-corrected chi connectivity index (χ3v) is 5.07. The van der Waals surface area contributed by atoms with Crippen LogP contribution in [0.3, 0.4) is 0 Å². The molecule has 0 aromatic carbocycles. The highest BCUT2D eigenvalue weighted by atomic mass is 16.5. The number of pyridine rings is 1. The minimum absolute atomic E-state index is 0.0148. The Morgan fingerprint density at radius 1 is 1.07 bits per heavy atom. The molecule has 0 radical (unpaired) electrons. The Kier molecular flexibility index (Phi) is 6.94. The second-order valence-corrected chi connectivity index (χ2v) is 6.94. The van der Waals surface area contributed by atoms with Crippen LogP contribution in [0.25, 0.3) is 0 Å². The highest BCUT2D eigenvalue weighted by molar-refractivity contribution is 5.98. The first-order valence-corrected chi connectivity index (χ1v) is 9.64. The van der Waals surface area contributed by atoms with Gasteiger partial charge in [-0.2, -0.15) is 0 Å². The van der Waals surface area contributed by atoms with Gasteiger partial charge in [0.2, 0.25) is 5.91 Å². The van der Waals surface area contributed by atoms with E-state index in [1.54, 1.807) is 15.9 Å². The SMILES string of the molecule is CC(=O)N1CCN(C(=O)c2cc(C(=O)NCCN3CCOCC3)ccn2)CC1. The number of nitrogens with one attached hydrogen (secondary N) is 1. The van der Waals surface area contributed by atoms with Crippen LogP contribution in [0.4, 0.5) is 0 Å². The maximum atomic E-state index is 12.7. The standard InChI is InChI=1S/C19H27N5O4/c1-15(25)23-6-8-24(9-7-23)19(27)17-14-16(2-3-20-17)18(26)21-4-5-22-10-12-28-13-11-22/h2-3,14H,4-13H2,1H3,(H,21,26). The number of carbonyl (C=O) groups excluding carboxylic acids is 3. The maximum Gasteiger partial charge on any atom is 0.272 e. The third-order valence-electron chi connectivity index (χ3n) is 5.07. The van der Waals surface area contributed by atoms with Gasteiger partial charge in [0, 0.05) is 71.0 Å². The molecule has 0 saturated carbocycles.